The number of benzene rings is 1. The molecule has 0 radical (unpaired) electrons. The van der Waals surface area contributed by atoms with E-state index >= 15 is 0 Å². The molecule has 1 aromatic carbocycles. The van der Waals surface area contributed by atoms with Gasteiger partial charge in [-0.3, -0.25) is 0 Å². The van der Waals surface area contributed by atoms with Crippen LogP contribution in [0.4, 0.5) is 17.6 Å². The summed E-state index contributed by atoms with van der Waals surface area (Å²) in [6, 6.07) is -0.322. The number of nitrogens with two attached hydrogens (primary N) is 1. The minimum Gasteiger partial charge on any atom is -0.327 e. The van der Waals surface area contributed by atoms with Gasteiger partial charge in [0.15, 0.2) is 28.2 Å². The molecule has 1 aliphatic rings. The second-order valence-electron chi connectivity index (χ2n) is 6.02. The van der Waals surface area contributed by atoms with Gasteiger partial charge in [0.2, 0.25) is 10.0 Å². The second-order valence-corrected chi connectivity index (χ2v) is 7.89. The van der Waals surface area contributed by atoms with Crippen LogP contribution in [0.5, 0.6) is 0 Å². The fourth-order valence-electron chi connectivity index (χ4n) is 2.44. The zero-order valence-electron chi connectivity index (χ0n) is 12.0. The van der Waals surface area contributed by atoms with E-state index < -0.39 is 43.6 Å². The maximum atomic E-state index is 13.8. The van der Waals surface area contributed by atoms with E-state index in [1.807, 2.05) is 0 Å². The first kappa shape index (κ1) is 17.2. The number of nitrogens with zero attached hydrogens (tertiary/aromatic N) is 1. The first-order chi connectivity index (χ1) is 9.98. The van der Waals surface area contributed by atoms with Crippen molar-refractivity contribution in [3.05, 3.63) is 29.3 Å². The lowest BCUT2D eigenvalue weighted by Crippen LogP contribution is -2.54. The predicted molar refractivity (Wildman–Crippen MR) is 71.4 cm³/mol. The fourth-order valence-corrected chi connectivity index (χ4v) is 4.19. The lowest BCUT2D eigenvalue weighted by Gasteiger charge is -2.41. The Balaban J connectivity index is 2.53. The van der Waals surface area contributed by atoms with Crippen LogP contribution in [0.15, 0.2) is 11.0 Å². The number of halogens is 4. The molecule has 1 heterocycles. The molecule has 124 valence electrons. The maximum absolute atomic E-state index is 13.8. The Morgan fingerprint density at radius 1 is 1.18 bits per heavy atom. The smallest absolute Gasteiger partial charge is 0.249 e. The summed E-state index contributed by atoms with van der Waals surface area (Å²) in [5.74, 6) is -7.37. The minimum absolute atomic E-state index is 0.0280. The molecule has 0 aromatic heterocycles. The monoisotopic (exact) mass is 340 g/mol. The molecule has 1 aromatic rings. The molecule has 0 spiro atoms. The molecular formula is C13H16F4N2O2S. The molecule has 0 bridgehead atoms. The molecule has 0 saturated carbocycles. The predicted octanol–water partition coefficient (Wildman–Crippen LogP) is 1.99. The minimum atomic E-state index is -4.72. The second kappa shape index (κ2) is 5.47. The zero-order chi connectivity index (χ0) is 16.9. The topological polar surface area (TPSA) is 63.4 Å². The van der Waals surface area contributed by atoms with Crippen LogP contribution in [-0.4, -0.2) is 31.9 Å². The van der Waals surface area contributed by atoms with Crippen LogP contribution in [0.25, 0.3) is 0 Å². The van der Waals surface area contributed by atoms with Gasteiger partial charge in [0.1, 0.15) is 0 Å². The Kier molecular flexibility index (Phi) is 4.27. The van der Waals surface area contributed by atoms with Crippen molar-refractivity contribution in [2.75, 3.05) is 13.1 Å². The van der Waals surface area contributed by atoms with Crippen molar-refractivity contribution >= 4 is 10.0 Å². The summed E-state index contributed by atoms with van der Waals surface area (Å²) in [7, 11) is -4.72. The van der Waals surface area contributed by atoms with Crippen molar-refractivity contribution in [1.29, 1.82) is 0 Å². The van der Waals surface area contributed by atoms with Crippen LogP contribution in [0, 0.1) is 28.7 Å². The average molecular weight is 340 g/mol. The number of hydrogen-bond donors (Lipinski definition) is 1. The van der Waals surface area contributed by atoms with Crippen molar-refractivity contribution in [1.82, 2.24) is 4.31 Å². The molecule has 0 aliphatic carbocycles. The van der Waals surface area contributed by atoms with Gasteiger partial charge < -0.3 is 5.73 Å². The Labute approximate surface area is 126 Å². The Morgan fingerprint density at radius 2 is 1.68 bits per heavy atom. The van der Waals surface area contributed by atoms with Crippen molar-refractivity contribution in [2.24, 2.45) is 11.1 Å². The van der Waals surface area contributed by atoms with E-state index in [1.165, 1.54) is 0 Å². The van der Waals surface area contributed by atoms with Crippen LogP contribution < -0.4 is 5.73 Å². The number of hydrogen-bond acceptors (Lipinski definition) is 3. The molecular weight excluding hydrogens is 324 g/mol. The van der Waals surface area contributed by atoms with Gasteiger partial charge in [0.05, 0.1) is 0 Å². The quantitative estimate of drug-likeness (QED) is 0.661. The van der Waals surface area contributed by atoms with Crippen molar-refractivity contribution < 1.29 is 26.0 Å². The molecule has 0 amide bonds. The van der Waals surface area contributed by atoms with E-state index in [9.17, 15) is 26.0 Å². The standard InChI is InChI=1S/C13H16F4N2O2S/c1-13(2)6-19(4-3-9(13)18)22(20,21)12-10(16)7(14)5-8(15)11(12)17/h5,9H,3-4,6,18H2,1-2H3. The Morgan fingerprint density at radius 3 is 2.14 bits per heavy atom. The van der Waals surface area contributed by atoms with Crippen LogP contribution in [0.1, 0.15) is 20.3 Å². The van der Waals surface area contributed by atoms with Gasteiger partial charge in [-0.2, -0.15) is 4.31 Å². The van der Waals surface area contributed by atoms with Crippen LogP contribution in [-0.2, 0) is 10.0 Å². The van der Waals surface area contributed by atoms with Gasteiger partial charge >= 0.3 is 0 Å². The summed E-state index contributed by atoms with van der Waals surface area (Å²) in [6.07, 6.45) is 0.271. The third kappa shape index (κ3) is 2.72. The van der Waals surface area contributed by atoms with Crippen LogP contribution in [0.2, 0.25) is 0 Å². The van der Waals surface area contributed by atoms with Gasteiger partial charge in [-0.1, -0.05) is 13.8 Å². The number of piperidine rings is 1. The summed E-state index contributed by atoms with van der Waals surface area (Å²) in [4.78, 5) is -1.60. The molecule has 1 fully saturated rings. The Hall–Kier alpha value is -1.19. The lowest BCUT2D eigenvalue weighted by atomic mass is 9.81. The highest BCUT2D eigenvalue weighted by molar-refractivity contribution is 7.89. The van der Waals surface area contributed by atoms with E-state index in [0.717, 1.165) is 4.31 Å². The zero-order valence-corrected chi connectivity index (χ0v) is 12.9. The summed E-state index contributed by atoms with van der Waals surface area (Å²) in [6.45, 7) is 3.23. The van der Waals surface area contributed by atoms with Crippen LogP contribution >= 0.6 is 0 Å². The average Bonchev–Trinajstić information content (AvgIpc) is 2.39. The number of rotatable bonds is 2. The van der Waals surface area contributed by atoms with Crippen molar-refractivity contribution in [2.45, 2.75) is 31.2 Å². The third-order valence-corrected chi connectivity index (χ3v) is 5.81. The summed E-state index contributed by atoms with van der Waals surface area (Å²) < 4.78 is 79.6. The summed E-state index contributed by atoms with van der Waals surface area (Å²) >= 11 is 0. The molecule has 1 atom stereocenters. The highest BCUT2D eigenvalue weighted by atomic mass is 32.2. The molecule has 1 unspecified atom stereocenters. The van der Waals surface area contributed by atoms with Crippen molar-refractivity contribution in [3.8, 4) is 0 Å². The SMILES string of the molecule is CC1(C)CN(S(=O)(=O)c2c(F)c(F)cc(F)c2F)CCC1N. The van der Waals surface area contributed by atoms with Gasteiger partial charge in [0, 0.05) is 25.2 Å². The van der Waals surface area contributed by atoms with E-state index in [1.54, 1.807) is 13.8 Å². The van der Waals surface area contributed by atoms with Gasteiger partial charge in [-0.05, 0) is 11.8 Å². The number of sulfonamides is 1. The molecule has 1 aliphatic heterocycles. The largest absolute Gasteiger partial charge is 0.327 e. The van der Waals surface area contributed by atoms with E-state index in [2.05, 4.69) is 0 Å². The van der Waals surface area contributed by atoms with Gasteiger partial charge in [-0.25, -0.2) is 26.0 Å². The fraction of sp³-hybridized carbons (Fsp3) is 0.538. The molecule has 1 saturated heterocycles. The molecule has 4 nitrogen and oxygen atoms in total. The molecule has 2 N–H and O–H groups in total. The van der Waals surface area contributed by atoms with E-state index in [0.29, 0.717) is 0 Å². The molecule has 9 heteroatoms. The Bertz CT molecular complexity index is 680. The summed E-state index contributed by atoms with van der Waals surface area (Å²) in [5.41, 5.74) is 5.24. The first-order valence-electron chi connectivity index (χ1n) is 6.57. The lowest BCUT2D eigenvalue weighted by molar-refractivity contribution is 0.155. The third-order valence-electron chi connectivity index (χ3n) is 3.95. The van der Waals surface area contributed by atoms with Gasteiger partial charge in [-0.15, -0.1) is 0 Å². The molecule has 2 rings (SSSR count). The normalized spacial score (nSPS) is 22.8. The highest BCUT2D eigenvalue weighted by Crippen LogP contribution is 2.33. The van der Waals surface area contributed by atoms with Gasteiger partial charge in [0.25, 0.3) is 0 Å². The van der Waals surface area contributed by atoms with E-state index in [-0.39, 0.29) is 31.6 Å². The summed E-state index contributed by atoms with van der Waals surface area (Å²) in [5, 5.41) is 0. The van der Waals surface area contributed by atoms with Crippen LogP contribution in [0.3, 0.4) is 0 Å². The first-order valence-corrected chi connectivity index (χ1v) is 8.01. The van der Waals surface area contributed by atoms with Crippen molar-refractivity contribution in [3.63, 3.8) is 0 Å². The molecule has 22 heavy (non-hydrogen) atoms. The highest BCUT2D eigenvalue weighted by Gasteiger charge is 2.41. The van der Waals surface area contributed by atoms with E-state index in [4.69, 9.17) is 5.73 Å². The maximum Gasteiger partial charge on any atom is 0.249 e.